The molecule has 1 N–H and O–H groups in total. The van der Waals surface area contributed by atoms with Gasteiger partial charge in [-0.1, -0.05) is 20.3 Å². The predicted octanol–water partition coefficient (Wildman–Crippen LogP) is 3.82. The number of amides is 1. The van der Waals surface area contributed by atoms with Crippen molar-refractivity contribution in [3.05, 3.63) is 28.0 Å². The Morgan fingerprint density at radius 3 is 2.52 bits per heavy atom. The molecule has 21 heavy (non-hydrogen) atoms. The predicted molar refractivity (Wildman–Crippen MR) is 83.6 cm³/mol. The van der Waals surface area contributed by atoms with Gasteiger partial charge in [-0.05, 0) is 40.9 Å². The highest BCUT2D eigenvalue weighted by atomic mass is 79.9. The SMILES string of the molecule is CCCC(CC)NC(=O)c1cc(S(=O)(=O)Cl)c(Br)cc1F. The summed E-state index contributed by atoms with van der Waals surface area (Å²) < 4.78 is 36.7. The van der Waals surface area contributed by atoms with Gasteiger partial charge < -0.3 is 5.32 Å². The van der Waals surface area contributed by atoms with Crippen LogP contribution in [0.3, 0.4) is 0 Å². The van der Waals surface area contributed by atoms with Crippen LogP contribution in [0.5, 0.6) is 0 Å². The molecular weight excluding hydrogens is 385 g/mol. The maximum Gasteiger partial charge on any atom is 0.262 e. The second kappa shape index (κ2) is 7.56. The van der Waals surface area contributed by atoms with E-state index in [0.29, 0.717) is 6.42 Å². The molecule has 1 amide bonds. The number of carbonyl (C=O) groups excluding carboxylic acids is 1. The molecule has 1 unspecified atom stereocenters. The lowest BCUT2D eigenvalue weighted by atomic mass is 10.1. The molecule has 4 nitrogen and oxygen atoms in total. The normalized spacial score (nSPS) is 13.0. The van der Waals surface area contributed by atoms with Gasteiger partial charge >= 0.3 is 0 Å². The molecule has 0 spiro atoms. The summed E-state index contributed by atoms with van der Waals surface area (Å²) in [5.74, 6) is -1.46. The van der Waals surface area contributed by atoms with Gasteiger partial charge in [0.2, 0.25) is 0 Å². The number of halogens is 3. The molecule has 0 saturated carbocycles. The van der Waals surface area contributed by atoms with Crippen LogP contribution in [0.2, 0.25) is 0 Å². The third kappa shape index (κ3) is 4.93. The standard InChI is InChI=1S/C13H16BrClFNO3S/c1-3-5-8(4-2)17-13(18)9-6-12(21(15,19)20)10(14)7-11(9)16/h6-8H,3-5H2,1-2H3,(H,17,18). The minimum absolute atomic E-state index is 0.0212. The van der Waals surface area contributed by atoms with E-state index in [1.54, 1.807) is 0 Å². The molecule has 0 aliphatic heterocycles. The van der Waals surface area contributed by atoms with Gasteiger partial charge in [-0.25, -0.2) is 12.8 Å². The van der Waals surface area contributed by atoms with Crippen molar-refractivity contribution < 1.29 is 17.6 Å². The summed E-state index contributed by atoms with van der Waals surface area (Å²) in [6.07, 6.45) is 2.35. The van der Waals surface area contributed by atoms with Crippen LogP contribution in [-0.4, -0.2) is 20.4 Å². The second-order valence-corrected chi connectivity index (χ2v) is 7.96. The van der Waals surface area contributed by atoms with E-state index in [9.17, 15) is 17.6 Å². The Morgan fingerprint density at radius 2 is 2.05 bits per heavy atom. The van der Waals surface area contributed by atoms with Gasteiger partial charge in [-0.2, -0.15) is 0 Å². The van der Waals surface area contributed by atoms with E-state index in [2.05, 4.69) is 21.2 Å². The zero-order valence-electron chi connectivity index (χ0n) is 11.6. The zero-order valence-corrected chi connectivity index (χ0v) is 14.8. The molecule has 0 heterocycles. The largest absolute Gasteiger partial charge is 0.349 e. The van der Waals surface area contributed by atoms with Crippen molar-refractivity contribution in [3.8, 4) is 0 Å². The van der Waals surface area contributed by atoms with E-state index in [0.717, 1.165) is 25.0 Å². The van der Waals surface area contributed by atoms with Gasteiger partial charge in [0.15, 0.2) is 0 Å². The van der Waals surface area contributed by atoms with Crippen molar-refractivity contribution in [2.75, 3.05) is 0 Å². The maximum atomic E-state index is 13.9. The van der Waals surface area contributed by atoms with Crippen molar-refractivity contribution in [3.63, 3.8) is 0 Å². The number of nitrogens with one attached hydrogen (secondary N) is 1. The van der Waals surface area contributed by atoms with Crippen LogP contribution in [-0.2, 0) is 9.05 Å². The van der Waals surface area contributed by atoms with E-state index >= 15 is 0 Å². The number of hydrogen-bond acceptors (Lipinski definition) is 3. The molecule has 0 fully saturated rings. The fourth-order valence-corrected chi connectivity index (χ4v) is 4.05. The van der Waals surface area contributed by atoms with Gasteiger partial charge in [0.1, 0.15) is 5.82 Å². The second-order valence-electron chi connectivity index (χ2n) is 4.57. The lowest BCUT2D eigenvalue weighted by molar-refractivity contribution is 0.0929. The van der Waals surface area contributed by atoms with Crippen molar-refractivity contribution in [1.29, 1.82) is 0 Å². The van der Waals surface area contributed by atoms with Crippen LogP contribution in [0.25, 0.3) is 0 Å². The fourth-order valence-electron chi connectivity index (χ4n) is 1.88. The van der Waals surface area contributed by atoms with Crippen molar-refractivity contribution in [2.45, 2.75) is 44.0 Å². The molecule has 1 aromatic carbocycles. The summed E-state index contributed by atoms with van der Waals surface area (Å²) >= 11 is 2.92. The molecule has 8 heteroatoms. The molecule has 1 atom stereocenters. The minimum atomic E-state index is -4.07. The van der Waals surface area contributed by atoms with Gasteiger partial charge in [-0.15, -0.1) is 0 Å². The highest BCUT2D eigenvalue weighted by Crippen LogP contribution is 2.28. The first-order valence-electron chi connectivity index (χ1n) is 6.45. The molecule has 0 radical (unpaired) electrons. The van der Waals surface area contributed by atoms with Crippen LogP contribution in [0.15, 0.2) is 21.5 Å². The summed E-state index contributed by atoms with van der Waals surface area (Å²) in [5, 5.41) is 2.69. The van der Waals surface area contributed by atoms with E-state index in [1.807, 2.05) is 13.8 Å². The number of carbonyl (C=O) groups is 1. The molecule has 0 aliphatic carbocycles. The molecule has 1 rings (SSSR count). The Bertz CT molecular complexity index is 637. The lowest BCUT2D eigenvalue weighted by Crippen LogP contribution is -2.34. The van der Waals surface area contributed by atoms with Gasteiger partial charge in [0.05, 0.1) is 10.5 Å². The summed E-state index contributed by atoms with van der Waals surface area (Å²) in [6, 6.07) is 1.78. The summed E-state index contributed by atoms with van der Waals surface area (Å²) in [7, 11) is 1.19. The van der Waals surface area contributed by atoms with Crippen LogP contribution < -0.4 is 5.32 Å². The maximum absolute atomic E-state index is 13.9. The van der Waals surface area contributed by atoms with Crippen LogP contribution >= 0.6 is 26.6 Å². The average Bonchev–Trinajstić information content (AvgIpc) is 2.36. The summed E-state index contributed by atoms with van der Waals surface area (Å²) in [6.45, 7) is 3.89. The Kier molecular flexibility index (Phi) is 6.62. The van der Waals surface area contributed by atoms with Gasteiger partial charge in [0.25, 0.3) is 15.0 Å². The van der Waals surface area contributed by atoms with Crippen molar-refractivity contribution in [2.24, 2.45) is 0 Å². The third-order valence-electron chi connectivity index (χ3n) is 2.99. The van der Waals surface area contributed by atoms with E-state index in [-0.39, 0.29) is 21.0 Å². The zero-order chi connectivity index (χ0) is 16.2. The van der Waals surface area contributed by atoms with Crippen LogP contribution in [0.1, 0.15) is 43.5 Å². The first-order valence-corrected chi connectivity index (χ1v) is 9.55. The summed E-state index contributed by atoms with van der Waals surface area (Å²) in [4.78, 5) is 11.8. The molecule has 0 aromatic heterocycles. The molecule has 0 saturated heterocycles. The van der Waals surface area contributed by atoms with Crippen molar-refractivity contribution in [1.82, 2.24) is 5.32 Å². The first kappa shape index (κ1) is 18.4. The number of hydrogen-bond donors (Lipinski definition) is 1. The summed E-state index contributed by atoms with van der Waals surface area (Å²) in [5.41, 5.74) is -0.341. The number of rotatable bonds is 6. The van der Waals surface area contributed by atoms with E-state index < -0.39 is 20.8 Å². The molecule has 0 aliphatic rings. The monoisotopic (exact) mass is 399 g/mol. The van der Waals surface area contributed by atoms with Crippen LogP contribution in [0, 0.1) is 5.82 Å². The number of benzene rings is 1. The Labute approximate surface area is 136 Å². The van der Waals surface area contributed by atoms with Gasteiger partial charge in [-0.3, -0.25) is 4.79 Å². The molecule has 118 valence electrons. The Balaban J connectivity index is 3.15. The lowest BCUT2D eigenvalue weighted by Gasteiger charge is -2.16. The van der Waals surface area contributed by atoms with Crippen LogP contribution in [0.4, 0.5) is 4.39 Å². The molecule has 0 bridgehead atoms. The Morgan fingerprint density at radius 1 is 1.43 bits per heavy atom. The quantitative estimate of drug-likeness (QED) is 0.738. The smallest absolute Gasteiger partial charge is 0.262 e. The fraction of sp³-hybridized carbons (Fsp3) is 0.462. The van der Waals surface area contributed by atoms with E-state index in [4.69, 9.17) is 10.7 Å². The van der Waals surface area contributed by atoms with E-state index in [1.165, 1.54) is 0 Å². The third-order valence-corrected chi connectivity index (χ3v) is 5.27. The average molecular weight is 401 g/mol. The minimum Gasteiger partial charge on any atom is -0.349 e. The Hall–Kier alpha value is -0.660. The molecular formula is C13H16BrClFNO3S. The highest BCUT2D eigenvalue weighted by molar-refractivity contribution is 9.10. The highest BCUT2D eigenvalue weighted by Gasteiger charge is 2.22. The van der Waals surface area contributed by atoms with Crippen molar-refractivity contribution >= 4 is 41.6 Å². The first-order chi connectivity index (χ1) is 9.70. The van der Waals surface area contributed by atoms with Gasteiger partial charge in [0, 0.05) is 21.2 Å². The topological polar surface area (TPSA) is 63.2 Å². The molecule has 1 aromatic rings.